The molecule has 0 bridgehead atoms. The molecule has 214 valence electrons. The molecule has 0 radical (unpaired) electrons. The average molecular weight is 538 g/mol. The number of nitrogens with one attached hydrogen (secondary N) is 1. The molecule has 2 heterocycles. The van der Waals surface area contributed by atoms with Crippen LogP contribution in [0.15, 0.2) is 18.2 Å². The van der Waals surface area contributed by atoms with E-state index in [9.17, 15) is 9.59 Å². The summed E-state index contributed by atoms with van der Waals surface area (Å²) in [4.78, 5) is 28.6. The molecule has 0 unspecified atom stereocenters. The molecule has 2 aromatic rings. The Labute approximate surface area is 233 Å². The van der Waals surface area contributed by atoms with Crippen LogP contribution in [0, 0.1) is 25.2 Å². The van der Waals surface area contributed by atoms with Crippen LogP contribution in [0.25, 0.3) is 0 Å². The first-order valence-corrected chi connectivity index (χ1v) is 14.5. The highest BCUT2D eigenvalue weighted by molar-refractivity contribution is 5.94. The number of carbonyl (C=O) groups excluding carboxylic acids is 2. The van der Waals surface area contributed by atoms with Crippen molar-refractivity contribution in [3.63, 3.8) is 0 Å². The van der Waals surface area contributed by atoms with E-state index in [1.807, 2.05) is 46.8 Å². The number of nitrogens with zero attached hydrogens (tertiary/aromatic N) is 4. The Morgan fingerprint density at radius 3 is 2.38 bits per heavy atom. The second-order valence-electron chi connectivity index (χ2n) is 13.7. The zero-order valence-electron chi connectivity index (χ0n) is 25.1. The van der Waals surface area contributed by atoms with Gasteiger partial charge in [0.25, 0.3) is 0 Å². The van der Waals surface area contributed by atoms with E-state index in [0.717, 1.165) is 60.6 Å². The molecule has 1 N–H and O–H groups in total. The number of likely N-dealkylation sites (tertiary alicyclic amines) is 1. The summed E-state index contributed by atoms with van der Waals surface area (Å²) in [5, 5.41) is 12.5. The predicted molar refractivity (Wildman–Crippen MR) is 154 cm³/mol. The lowest BCUT2D eigenvalue weighted by Gasteiger charge is -2.38. The number of amides is 2. The van der Waals surface area contributed by atoms with E-state index in [1.165, 1.54) is 0 Å². The van der Waals surface area contributed by atoms with E-state index in [0.29, 0.717) is 25.6 Å². The fraction of sp³-hybridized carbons (Fsp3) is 0.677. The van der Waals surface area contributed by atoms with E-state index >= 15 is 0 Å². The van der Waals surface area contributed by atoms with Crippen LogP contribution in [0.4, 0.5) is 10.5 Å². The van der Waals surface area contributed by atoms with Crippen LogP contribution < -0.4 is 5.32 Å². The fourth-order valence-corrected chi connectivity index (χ4v) is 5.47. The molecule has 1 aromatic heterocycles. The van der Waals surface area contributed by atoms with Crippen LogP contribution in [-0.4, -0.2) is 50.4 Å². The second kappa shape index (κ2) is 11.3. The first-order chi connectivity index (χ1) is 18.2. The molecule has 2 atom stereocenters. The maximum atomic E-state index is 13.8. The van der Waals surface area contributed by atoms with Gasteiger partial charge >= 0.3 is 6.09 Å². The smallest absolute Gasteiger partial charge is 0.410 e. The quantitative estimate of drug-likeness (QED) is 0.431. The minimum atomic E-state index is -0.585. The van der Waals surface area contributed by atoms with Gasteiger partial charge in [-0.25, -0.2) is 4.79 Å². The number of anilines is 1. The van der Waals surface area contributed by atoms with Crippen molar-refractivity contribution in [2.75, 3.05) is 18.4 Å². The Morgan fingerprint density at radius 1 is 1.05 bits per heavy atom. The van der Waals surface area contributed by atoms with Gasteiger partial charge in [0.2, 0.25) is 5.91 Å². The molecule has 1 aliphatic carbocycles. The number of hydrogen-bond donors (Lipinski definition) is 1. The van der Waals surface area contributed by atoms with Crippen molar-refractivity contribution in [3.8, 4) is 0 Å². The van der Waals surface area contributed by atoms with Gasteiger partial charge in [-0.2, -0.15) is 0 Å². The first-order valence-electron chi connectivity index (χ1n) is 14.5. The monoisotopic (exact) mass is 537 g/mol. The van der Waals surface area contributed by atoms with Gasteiger partial charge in [-0.1, -0.05) is 38.5 Å². The Kier molecular flexibility index (Phi) is 8.43. The first kappa shape index (κ1) is 29.1. The van der Waals surface area contributed by atoms with Crippen molar-refractivity contribution >= 4 is 17.7 Å². The molecule has 0 spiro atoms. The molecule has 2 aliphatic rings. The predicted octanol–water partition coefficient (Wildman–Crippen LogP) is 6.58. The van der Waals surface area contributed by atoms with Gasteiger partial charge < -0.3 is 19.5 Å². The van der Waals surface area contributed by atoms with E-state index < -0.39 is 5.60 Å². The standard InChI is InChI=1S/C31H47N5O3/c1-20-11-14-25(21(2)18-20)32-28(37)23-15-17-35(29(38)39-31(6,7)8)19-24(23)27-34-33-26(36(27)22-12-13-22)10-9-16-30(3,4)5/h11,14,18,22-24H,9-10,12-13,15-17,19H2,1-8H3,(H,32,37)/t23-,24-/m0/s1. The summed E-state index contributed by atoms with van der Waals surface area (Å²) < 4.78 is 8.00. The molecule has 4 rings (SSSR count). The van der Waals surface area contributed by atoms with Gasteiger partial charge in [0.05, 0.1) is 5.92 Å². The van der Waals surface area contributed by atoms with Gasteiger partial charge in [0, 0.05) is 37.2 Å². The highest BCUT2D eigenvalue weighted by atomic mass is 16.6. The summed E-state index contributed by atoms with van der Waals surface area (Å²) >= 11 is 0. The normalized spacial score (nSPS) is 20.2. The third-order valence-electron chi connectivity index (χ3n) is 7.60. The third-order valence-corrected chi connectivity index (χ3v) is 7.60. The Morgan fingerprint density at radius 2 is 1.77 bits per heavy atom. The molecule has 1 saturated heterocycles. The highest BCUT2D eigenvalue weighted by Crippen LogP contribution is 2.42. The topological polar surface area (TPSA) is 89.3 Å². The van der Waals surface area contributed by atoms with Crippen LogP contribution in [-0.2, 0) is 16.0 Å². The van der Waals surface area contributed by atoms with Gasteiger partial charge in [-0.3, -0.25) is 4.79 Å². The lowest BCUT2D eigenvalue weighted by molar-refractivity contribution is -0.122. The molecule has 8 nitrogen and oxygen atoms in total. The molecule has 1 aliphatic heterocycles. The number of carbonyl (C=O) groups is 2. The summed E-state index contributed by atoms with van der Waals surface area (Å²) in [5.74, 6) is 1.21. The second-order valence-corrected chi connectivity index (χ2v) is 13.7. The number of ether oxygens (including phenoxy) is 1. The minimum Gasteiger partial charge on any atom is -0.444 e. The van der Waals surface area contributed by atoms with Gasteiger partial charge in [0.15, 0.2) is 0 Å². The Balaban J connectivity index is 1.62. The van der Waals surface area contributed by atoms with Crippen LogP contribution in [0.5, 0.6) is 0 Å². The van der Waals surface area contributed by atoms with Gasteiger partial charge in [-0.15, -0.1) is 10.2 Å². The van der Waals surface area contributed by atoms with Crippen molar-refractivity contribution in [1.29, 1.82) is 0 Å². The van der Waals surface area contributed by atoms with Crippen LogP contribution in [0.3, 0.4) is 0 Å². The summed E-state index contributed by atoms with van der Waals surface area (Å²) in [7, 11) is 0. The maximum Gasteiger partial charge on any atom is 0.410 e. The van der Waals surface area contributed by atoms with Gasteiger partial charge in [-0.05, 0) is 83.8 Å². The highest BCUT2D eigenvalue weighted by Gasteiger charge is 2.42. The van der Waals surface area contributed by atoms with Crippen molar-refractivity contribution in [3.05, 3.63) is 41.0 Å². The molecule has 2 fully saturated rings. The number of piperidine rings is 1. The van der Waals surface area contributed by atoms with Crippen LogP contribution >= 0.6 is 0 Å². The zero-order valence-corrected chi connectivity index (χ0v) is 25.1. The minimum absolute atomic E-state index is 0.0320. The SMILES string of the molecule is Cc1ccc(NC(=O)[C@H]2CCN(C(=O)OC(C)(C)C)C[C@@H]2c2nnc(CCCC(C)(C)C)n2C2CC2)c(C)c1. The fourth-order valence-electron chi connectivity index (χ4n) is 5.47. The third kappa shape index (κ3) is 7.61. The Hall–Kier alpha value is -2.90. The molecule has 39 heavy (non-hydrogen) atoms. The maximum absolute atomic E-state index is 13.8. The van der Waals surface area contributed by atoms with E-state index in [-0.39, 0.29) is 29.3 Å². The summed E-state index contributed by atoms with van der Waals surface area (Å²) in [6, 6.07) is 6.43. The summed E-state index contributed by atoms with van der Waals surface area (Å²) in [6.45, 7) is 17.3. The van der Waals surface area contributed by atoms with Crippen molar-refractivity contribution in [2.45, 2.75) is 111 Å². The van der Waals surface area contributed by atoms with Crippen LogP contribution in [0.2, 0.25) is 0 Å². The molecule has 2 amide bonds. The molecule has 1 saturated carbocycles. The van der Waals surface area contributed by atoms with Crippen molar-refractivity contribution < 1.29 is 14.3 Å². The zero-order chi connectivity index (χ0) is 28.5. The number of aryl methyl sites for hydroxylation is 3. The van der Waals surface area contributed by atoms with E-state index in [4.69, 9.17) is 9.84 Å². The lowest BCUT2D eigenvalue weighted by Crippen LogP contribution is -2.48. The molecular formula is C31H47N5O3. The van der Waals surface area contributed by atoms with E-state index in [2.05, 4.69) is 41.8 Å². The number of hydrogen-bond acceptors (Lipinski definition) is 5. The number of rotatable bonds is 7. The number of aromatic nitrogens is 3. The van der Waals surface area contributed by atoms with E-state index in [1.54, 1.807) is 4.90 Å². The lowest BCUT2D eigenvalue weighted by atomic mass is 9.83. The number of benzene rings is 1. The van der Waals surface area contributed by atoms with Crippen molar-refractivity contribution in [1.82, 2.24) is 19.7 Å². The van der Waals surface area contributed by atoms with Crippen molar-refractivity contribution in [2.24, 2.45) is 11.3 Å². The summed E-state index contributed by atoms with van der Waals surface area (Å²) in [6.07, 6.45) is 5.40. The van der Waals surface area contributed by atoms with Crippen LogP contribution in [0.1, 0.15) is 108 Å². The molecular weight excluding hydrogens is 490 g/mol. The largest absolute Gasteiger partial charge is 0.444 e. The molecule has 8 heteroatoms. The average Bonchev–Trinajstić information content (AvgIpc) is 3.58. The summed E-state index contributed by atoms with van der Waals surface area (Å²) in [5.41, 5.74) is 2.70. The van der Waals surface area contributed by atoms with Gasteiger partial charge in [0.1, 0.15) is 17.2 Å². The molecule has 1 aromatic carbocycles. The Bertz CT molecular complexity index is 1190.